The van der Waals surface area contributed by atoms with E-state index >= 15 is 0 Å². The van der Waals surface area contributed by atoms with Crippen LogP contribution < -0.4 is 11.3 Å². The third-order valence-electron chi connectivity index (χ3n) is 2.73. The molecule has 0 spiro atoms. The monoisotopic (exact) mass is 290 g/mol. The van der Waals surface area contributed by atoms with Gasteiger partial charge in [-0.25, -0.2) is 4.98 Å². The molecule has 0 amide bonds. The zero-order valence-corrected chi connectivity index (χ0v) is 10.6. The molecule has 0 saturated carbocycles. The fourth-order valence-electron chi connectivity index (χ4n) is 1.80. The number of nitrogens with one attached hydrogen (secondary N) is 1. The van der Waals surface area contributed by atoms with E-state index in [1.165, 1.54) is 18.2 Å². The molecule has 9 nitrogen and oxygen atoms in total. The summed E-state index contributed by atoms with van der Waals surface area (Å²) in [5, 5.41) is 19.6. The highest BCUT2D eigenvalue weighted by molar-refractivity contribution is 5.73. The summed E-state index contributed by atoms with van der Waals surface area (Å²) < 4.78 is 0. The van der Waals surface area contributed by atoms with E-state index in [0.717, 1.165) is 0 Å². The summed E-state index contributed by atoms with van der Waals surface area (Å²) in [6, 6.07) is 5.69. The van der Waals surface area contributed by atoms with Crippen molar-refractivity contribution < 1.29 is 14.8 Å². The van der Waals surface area contributed by atoms with Crippen molar-refractivity contribution in [2.45, 2.75) is 6.42 Å². The van der Waals surface area contributed by atoms with Gasteiger partial charge in [0, 0.05) is 6.07 Å². The van der Waals surface area contributed by atoms with Gasteiger partial charge in [-0.2, -0.15) is 0 Å². The van der Waals surface area contributed by atoms with Crippen LogP contribution in [0.15, 0.2) is 29.1 Å². The number of nitrogens with zero attached hydrogens (tertiary/aromatic N) is 2. The predicted molar refractivity (Wildman–Crippen MR) is 72.7 cm³/mol. The lowest BCUT2D eigenvalue weighted by Crippen LogP contribution is -2.21. The Balaban J connectivity index is 2.60. The number of aliphatic carboxylic acids is 1. The van der Waals surface area contributed by atoms with E-state index in [1.54, 1.807) is 6.07 Å². The first-order valence-corrected chi connectivity index (χ1v) is 5.74. The van der Waals surface area contributed by atoms with Crippen molar-refractivity contribution in [2.75, 3.05) is 5.73 Å². The van der Waals surface area contributed by atoms with Gasteiger partial charge < -0.3 is 15.8 Å². The molecule has 0 aliphatic carbocycles. The number of carboxylic acids is 1. The van der Waals surface area contributed by atoms with Gasteiger partial charge in [-0.15, -0.1) is 0 Å². The van der Waals surface area contributed by atoms with Crippen LogP contribution in [0, 0.1) is 10.1 Å². The van der Waals surface area contributed by atoms with Crippen molar-refractivity contribution in [1.82, 2.24) is 9.97 Å². The Labute approximate surface area is 117 Å². The van der Waals surface area contributed by atoms with Gasteiger partial charge in [-0.1, -0.05) is 12.1 Å². The van der Waals surface area contributed by atoms with Gasteiger partial charge >= 0.3 is 5.97 Å². The van der Waals surface area contributed by atoms with E-state index in [4.69, 9.17) is 10.8 Å². The Morgan fingerprint density at radius 2 is 2.10 bits per heavy atom. The molecule has 1 aromatic heterocycles. The molecule has 21 heavy (non-hydrogen) atoms. The second kappa shape index (κ2) is 5.41. The molecule has 4 N–H and O–H groups in total. The van der Waals surface area contributed by atoms with E-state index in [2.05, 4.69) is 9.97 Å². The average Bonchev–Trinajstić information content (AvgIpc) is 2.42. The van der Waals surface area contributed by atoms with Gasteiger partial charge in [-0.05, 0) is 6.07 Å². The standard InChI is InChI=1S/C12H10N4O5/c13-10-7(5-9(17)18)12(19)15-11(14-10)6-3-1-2-4-8(6)16(20)21/h1-4H,5H2,(H,17,18)(H3,13,14,15,19). The Bertz CT molecular complexity index is 783. The first-order chi connectivity index (χ1) is 9.90. The molecule has 0 saturated heterocycles. The lowest BCUT2D eigenvalue weighted by molar-refractivity contribution is -0.384. The second-order valence-corrected chi connectivity index (χ2v) is 4.12. The summed E-state index contributed by atoms with van der Waals surface area (Å²) in [4.78, 5) is 39.0. The molecule has 2 rings (SSSR count). The minimum Gasteiger partial charge on any atom is -0.481 e. The number of anilines is 1. The molecule has 0 aliphatic rings. The summed E-state index contributed by atoms with van der Waals surface area (Å²) in [6.07, 6.45) is -0.578. The minimum absolute atomic E-state index is 0.0843. The number of carbonyl (C=O) groups is 1. The fourth-order valence-corrected chi connectivity index (χ4v) is 1.80. The SMILES string of the molecule is Nc1nc(-c2ccccc2[N+](=O)[O-])[nH]c(=O)c1CC(=O)O. The highest BCUT2D eigenvalue weighted by Gasteiger charge is 2.19. The third kappa shape index (κ3) is 2.86. The molecular weight excluding hydrogens is 280 g/mol. The third-order valence-corrected chi connectivity index (χ3v) is 2.73. The van der Waals surface area contributed by atoms with Crippen LogP contribution in [0.3, 0.4) is 0 Å². The molecular formula is C12H10N4O5. The van der Waals surface area contributed by atoms with Crippen LogP contribution in [0.4, 0.5) is 11.5 Å². The number of nitro benzene ring substituents is 1. The van der Waals surface area contributed by atoms with Gasteiger partial charge in [0.2, 0.25) is 0 Å². The minimum atomic E-state index is -1.23. The van der Waals surface area contributed by atoms with Crippen molar-refractivity contribution in [3.05, 3.63) is 50.3 Å². The molecule has 1 aromatic carbocycles. The quantitative estimate of drug-likeness (QED) is 0.549. The molecule has 0 fully saturated rings. The fraction of sp³-hybridized carbons (Fsp3) is 0.0833. The number of hydrogen-bond acceptors (Lipinski definition) is 6. The number of rotatable bonds is 4. The van der Waals surface area contributed by atoms with Crippen LogP contribution in [0.5, 0.6) is 0 Å². The van der Waals surface area contributed by atoms with E-state index in [0.29, 0.717) is 0 Å². The Kier molecular flexibility index (Phi) is 3.65. The second-order valence-electron chi connectivity index (χ2n) is 4.12. The number of nitrogens with two attached hydrogens (primary N) is 1. The molecule has 0 atom stereocenters. The normalized spacial score (nSPS) is 10.3. The number of hydrogen-bond donors (Lipinski definition) is 3. The molecule has 0 aliphatic heterocycles. The molecule has 9 heteroatoms. The summed E-state index contributed by atoms with van der Waals surface area (Å²) in [7, 11) is 0. The number of benzene rings is 1. The number of nitrogen functional groups attached to an aromatic ring is 1. The number of nitro groups is 1. The first kappa shape index (κ1) is 14.2. The smallest absolute Gasteiger partial charge is 0.308 e. The molecule has 108 valence electrons. The van der Waals surface area contributed by atoms with E-state index in [-0.39, 0.29) is 28.5 Å². The topological polar surface area (TPSA) is 152 Å². The van der Waals surface area contributed by atoms with Crippen LogP contribution in [0.25, 0.3) is 11.4 Å². The highest BCUT2D eigenvalue weighted by atomic mass is 16.6. The van der Waals surface area contributed by atoms with E-state index < -0.39 is 22.9 Å². The number of aromatic amines is 1. The maximum absolute atomic E-state index is 11.8. The summed E-state index contributed by atoms with van der Waals surface area (Å²) >= 11 is 0. The van der Waals surface area contributed by atoms with Crippen LogP contribution in [-0.2, 0) is 11.2 Å². The molecule has 2 aromatic rings. The number of carboxylic acid groups (broad SMARTS) is 1. The van der Waals surface area contributed by atoms with Crippen molar-refractivity contribution in [2.24, 2.45) is 0 Å². The van der Waals surface area contributed by atoms with Crippen molar-refractivity contribution in [3.8, 4) is 11.4 Å². The van der Waals surface area contributed by atoms with Crippen LogP contribution in [0.1, 0.15) is 5.56 Å². The Morgan fingerprint density at radius 3 is 2.67 bits per heavy atom. The zero-order valence-electron chi connectivity index (χ0n) is 10.6. The van der Waals surface area contributed by atoms with Crippen molar-refractivity contribution in [1.29, 1.82) is 0 Å². The van der Waals surface area contributed by atoms with Gasteiger partial charge in [0.15, 0.2) is 0 Å². The lowest BCUT2D eigenvalue weighted by Gasteiger charge is -2.06. The largest absolute Gasteiger partial charge is 0.481 e. The number of para-hydroxylation sites is 1. The van der Waals surface area contributed by atoms with Gasteiger partial charge in [0.25, 0.3) is 11.2 Å². The molecule has 0 unspecified atom stereocenters. The number of H-pyrrole nitrogens is 1. The van der Waals surface area contributed by atoms with Crippen LogP contribution in [0.2, 0.25) is 0 Å². The van der Waals surface area contributed by atoms with Crippen LogP contribution >= 0.6 is 0 Å². The van der Waals surface area contributed by atoms with Crippen molar-refractivity contribution >= 4 is 17.5 Å². The lowest BCUT2D eigenvalue weighted by atomic mass is 10.1. The molecule has 1 heterocycles. The predicted octanol–water partition coefficient (Wildman–Crippen LogP) is 0.554. The van der Waals surface area contributed by atoms with E-state index in [1.807, 2.05) is 0 Å². The van der Waals surface area contributed by atoms with Gasteiger partial charge in [-0.3, -0.25) is 19.7 Å². The zero-order chi connectivity index (χ0) is 15.6. The number of aromatic nitrogens is 2. The highest BCUT2D eigenvalue weighted by Crippen LogP contribution is 2.26. The van der Waals surface area contributed by atoms with Gasteiger partial charge in [0.05, 0.1) is 22.5 Å². The Hall–Kier alpha value is -3.23. The van der Waals surface area contributed by atoms with E-state index in [9.17, 15) is 19.7 Å². The Morgan fingerprint density at radius 1 is 1.43 bits per heavy atom. The summed E-state index contributed by atoms with van der Waals surface area (Å²) in [5.74, 6) is -1.58. The average molecular weight is 290 g/mol. The van der Waals surface area contributed by atoms with Gasteiger partial charge in [0.1, 0.15) is 11.6 Å². The maximum Gasteiger partial charge on any atom is 0.308 e. The maximum atomic E-state index is 11.8. The van der Waals surface area contributed by atoms with Crippen molar-refractivity contribution in [3.63, 3.8) is 0 Å². The first-order valence-electron chi connectivity index (χ1n) is 5.74. The summed E-state index contributed by atoms with van der Waals surface area (Å²) in [5.41, 5.74) is 4.49. The molecule has 0 bridgehead atoms. The van der Waals surface area contributed by atoms with Crippen LogP contribution in [-0.4, -0.2) is 26.0 Å². The molecule has 0 radical (unpaired) electrons. The summed E-state index contributed by atoms with van der Waals surface area (Å²) in [6.45, 7) is 0.